The summed E-state index contributed by atoms with van der Waals surface area (Å²) in [6.07, 6.45) is 4.58. The summed E-state index contributed by atoms with van der Waals surface area (Å²) in [6.45, 7) is 12.8. The largest absolute Gasteiger partial charge is 0.394 e. The molecule has 0 aliphatic carbocycles. The second-order valence-electron chi connectivity index (χ2n) is 7.75. The van der Waals surface area contributed by atoms with Gasteiger partial charge in [-0.05, 0) is 49.8 Å². The molecule has 0 aliphatic rings. The Bertz CT molecular complexity index is 970. The summed E-state index contributed by atoms with van der Waals surface area (Å²) in [7, 11) is 0. The SMILES string of the molecule is CCc1nc(C(C)C)ccc1-c1nc2c(C)cn([C@@H](CC)CO)c2nc1CC. The highest BCUT2D eigenvalue weighted by atomic mass is 16.3. The first-order valence-corrected chi connectivity index (χ1v) is 10.4. The molecule has 0 radical (unpaired) electrons. The van der Waals surface area contributed by atoms with Gasteiger partial charge in [-0.15, -0.1) is 0 Å². The summed E-state index contributed by atoms with van der Waals surface area (Å²) in [5.41, 5.74) is 8.05. The Morgan fingerprint density at radius 3 is 2.29 bits per heavy atom. The summed E-state index contributed by atoms with van der Waals surface area (Å²) < 4.78 is 2.08. The molecule has 3 heterocycles. The lowest BCUT2D eigenvalue weighted by atomic mass is 10.0. The van der Waals surface area contributed by atoms with Crippen LogP contribution in [-0.4, -0.2) is 31.2 Å². The van der Waals surface area contributed by atoms with Gasteiger partial charge in [0.2, 0.25) is 0 Å². The maximum atomic E-state index is 9.77. The van der Waals surface area contributed by atoms with Crippen LogP contribution in [0.1, 0.15) is 75.6 Å². The van der Waals surface area contributed by atoms with E-state index in [1.807, 2.05) is 0 Å². The van der Waals surface area contributed by atoms with Gasteiger partial charge in [-0.2, -0.15) is 0 Å². The number of nitrogens with zero attached hydrogens (tertiary/aromatic N) is 4. The number of aromatic nitrogens is 4. The highest BCUT2D eigenvalue weighted by molar-refractivity contribution is 5.80. The normalized spacial score (nSPS) is 12.9. The van der Waals surface area contributed by atoms with Crippen molar-refractivity contribution in [3.05, 3.63) is 41.0 Å². The zero-order valence-electron chi connectivity index (χ0n) is 18.0. The van der Waals surface area contributed by atoms with Crippen molar-refractivity contribution >= 4 is 11.2 Å². The number of hydrogen-bond donors (Lipinski definition) is 1. The molecule has 28 heavy (non-hydrogen) atoms. The fourth-order valence-corrected chi connectivity index (χ4v) is 3.71. The first-order chi connectivity index (χ1) is 13.4. The van der Waals surface area contributed by atoms with Crippen molar-refractivity contribution in [2.24, 2.45) is 0 Å². The van der Waals surface area contributed by atoms with Gasteiger partial charge in [0, 0.05) is 23.1 Å². The third-order valence-electron chi connectivity index (χ3n) is 5.49. The molecule has 0 aromatic carbocycles. The van der Waals surface area contributed by atoms with Crippen LogP contribution in [0.4, 0.5) is 0 Å². The van der Waals surface area contributed by atoms with Crippen LogP contribution in [0.5, 0.6) is 0 Å². The zero-order valence-corrected chi connectivity index (χ0v) is 18.0. The maximum Gasteiger partial charge on any atom is 0.159 e. The Balaban J connectivity index is 2.24. The van der Waals surface area contributed by atoms with Gasteiger partial charge in [0.05, 0.1) is 24.0 Å². The number of aliphatic hydroxyl groups is 1. The average Bonchev–Trinajstić information content (AvgIpc) is 3.03. The Morgan fingerprint density at radius 2 is 1.71 bits per heavy atom. The number of rotatable bonds is 7. The van der Waals surface area contributed by atoms with Crippen LogP contribution in [0, 0.1) is 6.92 Å². The third kappa shape index (κ3) is 3.55. The lowest BCUT2D eigenvalue weighted by Gasteiger charge is -2.16. The lowest BCUT2D eigenvalue weighted by Crippen LogP contribution is -2.12. The average molecular weight is 381 g/mol. The molecule has 0 fully saturated rings. The quantitative estimate of drug-likeness (QED) is 0.627. The van der Waals surface area contributed by atoms with Crippen molar-refractivity contribution in [3.8, 4) is 11.3 Å². The monoisotopic (exact) mass is 380 g/mol. The van der Waals surface area contributed by atoms with Crippen LogP contribution in [0.3, 0.4) is 0 Å². The lowest BCUT2D eigenvalue weighted by molar-refractivity contribution is 0.227. The molecular formula is C23H32N4O. The summed E-state index contributed by atoms with van der Waals surface area (Å²) >= 11 is 0. The van der Waals surface area contributed by atoms with Crippen LogP contribution in [-0.2, 0) is 12.8 Å². The van der Waals surface area contributed by atoms with Gasteiger partial charge in [0.1, 0.15) is 5.52 Å². The van der Waals surface area contributed by atoms with Gasteiger partial charge in [0.15, 0.2) is 5.65 Å². The van der Waals surface area contributed by atoms with E-state index in [1.54, 1.807) is 0 Å². The predicted octanol–water partition coefficient (Wildman–Crippen LogP) is 4.99. The Hall–Kier alpha value is -2.27. The Morgan fingerprint density at radius 1 is 1.00 bits per heavy atom. The minimum atomic E-state index is 0.0271. The minimum absolute atomic E-state index is 0.0271. The molecule has 5 nitrogen and oxygen atoms in total. The summed E-state index contributed by atoms with van der Waals surface area (Å²) in [6, 6.07) is 4.30. The van der Waals surface area contributed by atoms with E-state index in [4.69, 9.17) is 15.0 Å². The topological polar surface area (TPSA) is 63.8 Å². The molecule has 0 aliphatic heterocycles. The molecular weight excluding hydrogens is 348 g/mol. The Kier molecular flexibility index (Phi) is 6.14. The number of aryl methyl sites for hydroxylation is 3. The molecule has 0 saturated carbocycles. The van der Waals surface area contributed by atoms with Gasteiger partial charge >= 0.3 is 0 Å². The van der Waals surface area contributed by atoms with E-state index >= 15 is 0 Å². The molecule has 1 N–H and O–H groups in total. The number of fused-ring (bicyclic) bond motifs is 1. The Labute approximate surface area is 167 Å². The molecule has 0 spiro atoms. The van der Waals surface area contributed by atoms with Gasteiger partial charge in [-0.1, -0.05) is 34.6 Å². The molecule has 150 valence electrons. The standard InChI is InChI=1S/C23H32N4O/c1-7-16(13-28)27-12-15(6)21-23(27)25-19(9-3)22(26-21)17-10-11-20(14(4)5)24-18(17)8-2/h10-12,14,16,28H,7-9,13H2,1-6H3/t16-/m0/s1. The first kappa shape index (κ1) is 20.5. The van der Waals surface area contributed by atoms with Crippen LogP contribution in [0.15, 0.2) is 18.3 Å². The van der Waals surface area contributed by atoms with Crippen LogP contribution >= 0.6 is 0 Å². The first-order valence-electron chi connectivity index (χ1n) is 10.4. The minimum Gasteiger partial charge on any atom is -0.394 e. The van der Waals surface area contributed by atoms with E-state index in [9.17, 15) is 5.11 Å². The van der Waals surface area contributed by atoms with E-state index < -0.39 is 0 Å². The van der Waals surface area contributed by atoms with Crippen molar-refractivity contribution in [2.75, 3.05) is 6.61 Å². The molecule has 0 amide bonds. The van der Waals surface area contributed by atoms with Gasteiger partial charge < -0.3 is 9.67 Å². The van der Waals surface area contributed by atoms with Gasteiger partial charge in [0.25, 0.3) is 0 Å². The summed E-state index contributed by atoms with van der Waals surface area (Å²) in [5, 5.41) is 9.77. The van der Waals surface area contributed by atoms with Crippen LogP contribution in [0.25, 0.3) is 22.4 Å². The molecule has 3 aromatic rings. The molecule has 3 rings (SSSR count). The predicted molar refractivity (Wildman–Crippen MR) is 115 cm³/mol. The third-order valence-corrected chi connectivity index (χ3v) is 5.49. The highest BCUT2D eigenvalue weighted by Gasteiger charge is 2.20. The molecule has 0 saturated heterocycles. The number of pyridine rings is 1. The molecule has 5 heteroatoms. The van der Waals surface area contributed by atoms with Crippen molar-refractivity contribution < 1.29 is 5.11 Å². The molecule has 3 aromatic heterocycles. The maximum absolute atomic E-state index is 9.77. The van der Waals surface area contributed by atoms with Gasteiger partial charge in [-0.25, -0.2) is 9.97 Å². The molecule has 1 atom stereocenters. The smallest absolute Gasteiger partial charge is 0.159 e. The molecule has 0 unspecified atom stereocenters. The number of aliphatic hydroxyl groups excluding tert-OH is 1. The summed E-state index contributed by atoms with van der Waals surface area (Å²) in [5.74, 6) is 0.402. The van der Waals surface area contributed by atoms with Crippen molar-refractivity contribution in [1.82, 2.24) is 19.5 Å². The van der Waals surface area contributed by atoms with Crippen molar-refractivity contribution in [3.63, 3.8) is 0 Å². The zero-order chi connectivity index (χ0) is 20.4. The second-order valence-corrected chi connectivity index (χ2v) is 7.75. The molecule has 0 bridgehead atoms. The van der Waals surface area contributed by atoms with Gasteiger partial charge in [-0.3, -0.25) is 4.98 Å². The van der Waals surface area contributed by atoms with E-state index in [-0.39, 0.29) is 12.6 Å². The fraction of sp³-hybridized carbons (Fsp3) is 0.522. The van der Waals surface area contributed by atoms with Crippen LogP contribution < -0.4 is 0 Å². The van der Waals surface area contributed by atoms with Crippen molar-refractivity contribution in [2.45, 2.75) is 72.8 Å². The van der Waals surface area contributed by atoms with E-state index in [1.165, 1.54) is 0 Å². The van der Waals surface area contributed by atoms with Crippen molar-refractivity contribution in [1.29, 1.82) is 0 Å². The summed E-state index contributed by atoms with van der Waals surface area (Å²) in [4.78, 5) is 15.0. The van der Waals surface area contributed by atoms with E-state index in [2.05, 4.69) is 64.4 Å². The fourth-order valence-electron chi connectivity index (χ4n) is 3.71. The number of hydrogen-bond acceptors (Lipinski definition) is 4. The van der Waals surface area contributed by atoms with E-state index in [0.717, 1.165) is 64.3 Å². The highest BCUT2D eigenvalue weighted by Crippen LogP contribution is 2.31. The second kappa shape index (κ2) is 8.39. The van der Waals surface area contributed by atoms with Crippen LogP contribution in [0.2, 0.25) is 0 Å². The van der Waals surface area contributed by atoms with E-state index in [0.29, 0.717) is 5.92 Å².